The molecule has 3 aromatic rings. The van der Waals surface area contributed by atoms with Crippen molar-refractivity contribution in [3.8, 4) is 0 Å². The second-order valence-electron chi connectivity index (χ2n) is 4.41. The molecule has 1 atom stereocenters. The summed E-state index contributed by atoms with van der Waals surface area (Å²) in [6.45, 7) is 0. The molecule has 0 aliphatic heterocycles. The average molecular weight is 309 g/mol. The Kier molecular flexibility index (Phi) is 3.30. The number of H-pyrrole nitrogens is 1. The van der Waals surface area contributed by atoms with E-state index in [1.54, 1.807) is 30.3 Å². The minimum atomic E-state index is -0.494. The summed E-state index contributed by atoms with van der Waals surface area (Å²) in [6.07, 6.45) is 0. The topological polar surface area (TPSA) is 72.0 Å². The van der Waals surface area contributed by atoms with Crippen LogP contribution in [0.15, 0.2) is 45.6 Å². The van der Waals surface area contributed by atoms with Crippen molar-refractivity contribution in [1.82, 2.24) is 4.98 Å². The SMILES string of the molecule is NC(c1ccc2[nH]c(=O)oc2c1)c1cc(Cl)ccc1Cl. The van der Waals surface area contributed by atoms with Gasteiger partial charge in [0.2, 0.25) is 0 Å². The van der Waals surface area contributed by atoms with Gasteiger partial charge in [-0.3, -0.25) is 4.98 Å². The van der Waals surface area contributed by atoms with E-state index in [4.69, 9.17) is 33.4 Å². The molecular weight excluding hydrogens is 299 g/mol. The highest BCUT2D eigenvalue weighted by Gasteiger charge is 2.14. The Morgan fingerprint density at radius 3 is 2.75 bits per heavy atom. The molecule has 20 heavy (non-hydrogen) atoms. The molecule has 3 rings (SSSR count). The third-order valence-corrected chi connectivity index (χ3v) is 3.68. The number of oxazole rings is 1. The molecule has 0 bridgehead atoms. The lowest BCUT2D eigenvalue weighted by Crippen LogP contribution is -2.12. The number of aromatic nitrogens is 1. The van der Waals surface area contributed by atoms with Crippen LogP contribution in [0.1, 0.15) is 17.2 Å². The Morgan fingerprint density at radius 2 is 1.95 bits per heavy atom. The minimum absolute atomic E-state index is 0.453. The average Bonchev–Trinajstić information content (AvgIpc) is 2.79. The second kappa shape index (κ2) is 4.98. The van der Waals surface area contributed by atoms with Crippen LogP contribution in [-0.2, 0) is 0 Å². The predicted octanol–water partition coefficient (Wildman–Crippen LogP) is 3.48. The van der Waals surface area contributed by atoms with E-state index in [9.17, 15) is 4.79 Å². The van der Waals surface area contributed by atoms with E-state index in [-0.39, 0.29) is 0 Å². The molecule has 1 heterocycles. The maximum atomic E-state index is 11.1. The lowest BCUT2D eigenvalue weighted by atomic mass is 9.99. The van der Waals surface area contributed by atoms with Gasteiger partial charge in [-0.05, 0) is 41.5 Å². The summed E-state index contributed by atoms with van der Waals surface area (Å²) in [5.74, 6) is -0.494. The Labute approximate surface area is 124 Å². The van der Waals surface area contributed by atoms with E-state index in [2.05, 4.69) is 4.98 Å². The highest BCUT2D eigenvalue weighted by Crippen LogP contribution is 2.30. The maximum absolute atomic E-state index is 11.1. The number of hydrogen-bond donors (Lipinski definition) is 2. The van der Waals surface area contributed by atoms with E-state index < -0.39 is 11.8 Å². The Hall–Kier alpha value is -1.75. The molecule has 6 heteroatoms. The van der Waals surface area contributed by atoms with Gasteiger partial charge in [-0.15, -0.1) is 0 Å². The molecule has 0 saturated heterocycles. The zero-order valence-corrected chi connectivity index (χ0v) is 11.7. The number of nitrogens with one attached hydrogen (secondary N) is 1. The van der Waals surface area contributed by atoms with Gasteiger partial charge in [0.05, 0.1) is 11.6 Å². The zero-order valence-electron chi connectivity index (χ0n) is 10.2. The fourth-order valence-corrected chi connectivity index (χ4v) is 2.50. The first-order valence-corrected chi connectivity index (χ1v) is 6.63. The summed E-state index contributed by atoms with van der Waals surface area (Å²) < 4.78 is 5.02. The number of hydrogen-bond acceptors (Lipinski definition) is 3. The molecule has 2 aromatic carbocycles. The van der Waals surface area contributed by atoms with Gasteiger partial charge in [0.1, 0.15) is 0 Å². The summed E-state index contributed by atoms with van der Waals surface area (Å²) in [6, 6.07) is 9.96. The van der Waals surface area contributed by atoms with Crippen LogP contribution in [0.2, 0.25) is 10.0 Å². The Morgan fingerprint density at radius 1 is 1.15 bits per heavy atom. The summed E-state index contributed by atoms with van der Waals surface area (Å²) in [5, 5.41) is 1.10. The van der Waals surface area contributed by atoms with E-state index in [1.165, 1.54) is 0 Å². The second-order valence-corrected chi connectivity index (χ2v) is 5.26. The minimum Gasteiger partial charge on any atom is -0.408 e. The molecule has 4 nitrogen and oxygen atoms in total. The van der Waals surface area contributed by atoms with Gasteiger partial charge in [0, 0.05) is 10.0 Å². The highest BCUT2D eigenvalue weighted by molar-refractivity contribution is 6.33. The lowest BCUT2D eigenvalue weighted by molar-refractivity contribution is 0.555. The van der Waals surface area contributed by atoms with E-state index in [0.717, 1.165) is 11.1 Å². The molecule has 0 aliphatic carbocycles. The first-order chi connectivity index (χ1) is 9.54. The number of nitrogens with two attached hydrogens (primary N) is 1. The monoisotopic (exact) mass is 308 g/mol. The van der Waals surface area contributed by atoms with Crippen LogP contribution in [0, 0.1) is 0 Å². The van der Waals surface area contributed by atoms with Crippen molar-refractivity contribution in [3.63, 3.8) is 0 Å². The first kappa shape index (κ1) is 13.2. The van der Waals surface area contributed by atoms with Crippen molar-refractivity contribution in [3.05, 3.63) is 68.1 Å². The summed E-state index contributed by atoms with van der Waals surface area (Å²) in [4.78, 5) is 13.7. The largest absolute Gasteiger partial charge is 0.417 e. The van der Waals surface area contributed by atoms with Crippen LogP contribution in [0.3, 0.4) is 0 Å². The van der Waals surface area contributed by atoms with Gasteiger partial charge < -0.3 is 10.2 Å². The quantitative estimate of drug-likeness (QED) is 0.761. The van der Waals surface area contributed by atoms with Crippen molar-refractivity contribution < 1.29 is 4.42 Å². The molecule has 3 N–H and O–H groups in total. The normalized spacial score (nSPS) is 12.8. The van der Waals surface area contributed by atoms with Crippen molar-refractivity contribution in [2.24, 2.45) is 5.73 Å². The van der Waals surface area contributed by atoms with Crippen LogP contribution in [-0.4, -0.2) is 4.98 Å². The lowest BCUT2D eigenvalue weighted by Gasteiger charge is -2.14. The van der Waals surface area contributed by atoms with Crippen molar-refractivity contribution in [1.29, 1.82) is 0 Å². The smallest absolute Gasteiger partial charge is 0.408 e. The number of fused-ring (bicyclic) bond motifs is 1. The fraction of sp³-hybridized carbons (Fsp3) is 0.0714. The molecule has 102 valence electrons. The van der Waals surface area contributed by atoms with Crippen LogP contribution in [0.25, 0.3) is 11.1 Å². The Bertz CT molecular complexity index is 839. The third-order valence-electron chi connectivity index (χ3n) is 3.10. The van der Waals surface area contributed by atoms with Crippen LogP contribution in [0.5, 0.6) is 0 Å². The fourth-order valence-electron chi connectivity index (χ4n) is 2.09. The molecule has 1 unspecified atom stereocenters. The van der Waals surface area contributed by atoms with E-state index in [1.807, 2.05) is 6.07 Å². The number of benzene rings is 2. The summed E-state index contributed by atoms with van der Waals surface area (Å²) in [5.41, 5.74) is 8.80. The molecule has 0 saturated carbocycles. The first-order valence-electron chi connectivity index (χ1n) is 5.88. The van der Waals surface area contributed by atoms with E-state index in [0.29, 0.717) is 21.1 Å². The third kappa shape index (κ3) is 2.33. The molecule has 0 fully saturated rings. The molecule has 0 aliphatic rings. The molecule has 0 radical (unpaired) electrons. The Balaban J connectivity index is 2.09. The summed E-state index contributed by atoms with van der Waals surface area (Å²) >= 11 is 12.1. The standard InChI is InChI=1S/C14H10Cl2N2O2/c15-8-2-3-10(16)9(6-8)13(17)7-1-4-11-12(5-7)20-14(19)18-11/h1-6,13H,17H2,(H,18,19). The van der Waals surface area contributed by atoms with Crippen molar-refractivity contribution in [2.75, 3.05) is 0 Å². The molecular formula is C14H10Cl2N2O2. The highest BCUT2D eigenvalue weighted by atomic mass is 35.5. The van der Waals surface area contributed by atoms with Gasteiger partial charge in [0.25, 0.3) is 0 Å². The maximum Gasteiger partial charge on any atom is 0.417 e. The van der Waals surface area contributed by atoms with Crippen molar-refractivity contribution >= 4 is 34.3 Å². The summed E-state index contributed by atoms with van der Waals surface area (Å²) in [7, 11) is 0. The van der Waals surface area contributed by atoms with Gasteiger partial charge in [-0.2, -0.15) is 0 Å². The number of aromatic amines is 1. The van der Waals surface area contributed by atoms with Crippen LogP contribution < -0.4 is 11.5 Å². The van der Waals surface area contributed by atoms with Crippen LogP contribution >= 0.6 is 23.2 Å². The molecule has 1 aromatic heterocycles. The predicted molar refractivity (Wildman–Crippen MR) is 79.3 cm³/mol. The number of rotatable bonds is 2. The molecule has 0 amide bonds. The van der Waals surface area contributed by atoms with Crippen LogP contribution in [0.4, 0.5) is 0 Å². The zero-order chi connectivity index (χ0) is 14.3. The number of halogens is 2. The van der Waals surface area contributed by atoms with Gasteiger partial charge in [-0.25, -0.2) is 4.79 Å². The van der Waals surface area contributed by atoms with E-state index >= 15 is 0 Å². The van der Waals surface area contributed by atoms with Gasteiger partial charge >= 0.3 is 5.76 Å². The van der Waals surface area contributed by atoms with Gasteiger partial charge in [-0.1, -0.05) is 29.3 Å². The van der Waals surface area contributed by atoms with Crippen molar-refractivity contribution in [2.45, 2.75) is 6.04 Å². The molecule has 0 spiro atoms. The van der Waals surface area contributed by atoms with Gasteiger partial charge in [0.15, 0.2) is 5.58 Å².